The van der Waals surface area contributed by atoms with Gasteiger partial charge in [0.15, 0.2) is 11.0 Å². The molecule has 2 heterocycles. The van der Waals surface area contributed by atoms with Crippen molar-refractivity contribution in [1.29, 1.82) is 0 Å². The van der Waals surface area contributed by atoms with E-state index in [2.05, 4.69) is 21.7 Å². The summed E-state index contributed by atoms with van der Waals surface area (Å²) in [6.45, 7) is 4.96. The smallest absolute Gasteiger partial charge is 0.191 e. The molecule has 3 aromatic rings. The van der Waals surface area contributed by atoms with E-state index in [0.29, 0.717) is 6.61 Å². The van der Waals surface area contributed by atoms with Gasteiger partial charge in [-0.2, -0.15) is 0 Å². The highest BCUT2D eigenvalue weighted by atomic mass is 32.2. The van der Waals surface area contributed by atoms with Gasteiger partial charge in [-0.15, -0.1) is 10.2 Å². The molecule has 176 valence electrons. The van der Waals surface area contributed by atoms with Gasteiger partial charge in [-0.05, 0) is 67.8 Å². The average Bonchev–Trinajstić information content (AvgIpc) is 3.52. The van der Waals surface area contributed by atoms with Gasteiger partial charge in [0.25, 0.3) is 0 Å². The third-order valence-corrected chi connectivity index (χ3v) is 6.29. The molecule has 0 radical (unpaired) electrons. The van der Waals surface area contributed by atoms with Crippen molar-refractivity contribution in [2.45, 2.75) is 44.0 Å². The van der Waals surface area contributed by atoms with Crippen molar-refractivity contribution in [3.63, 3.8) is 0 Å². The summed E-state index contributed by atoms with van der Waals surface area (Å²) in [6.07, 6.45) is 3.35. The second-order valence-corrected chi connectivity index (χ2v) is 8.86. The van der Waals surface area contributed by atoms with E-state index in [1.165, 1.54) is 0 Å². The fourth-order valence-corrected chi connectivity index (χ4v) is 4.41. The van der Waals surface area contributed by atoms with Gasteiger partial charge in [-0.1, -0.05) is 18.7 Å². The predicted octanol–water partition coefficient (Wildman–Crippen LogP) is 5.09. The topological polar surface area (TPSA) is 67.6 Å². The molecule has 2 aromatic carbocycles. The first kappa shape index (κ1) is 23.4. The molecule has 0 saturated carbocycles. The van der Waals surface area contributed by atoms with Gasteiger partial charge < -0.3 is 18.9 Å². The standard InChI is InChI=1S/C25H31N3O4S/c1-3-14-30-21-10-12-22(13-11-21)32-16-17-33-25-27-26-24(19-6-8-20(29-2)9-7-19)28(25)18-23-5-4-15-31-23/h6-13,23H,3-5,14-18H2,1-2H3. The molecule has 4 rings (SSSR count). The molecule has 0 bridgehead atoms. The van der Waals surface area contributed by atoms with E-state index in [-0.39, 0.29) is 6.10 Å². The Hall–Kier alpha value is -2.71. The zero-order valence-electron chi connectivity index (χ0n) is 19.2. The van der Waals surface area contributed by atoms with Crippen LogP contribution in [0, 0.1) is 0 Å². The largest absolute Gasteiger partial charge is 0.497 e. The number of rotatable bonds is 12. The van der Waals surface area contributed by atoms with Gasteiger partial charge in [0.1, 0.15) is 17.2 Å². The zero-order chi connectivity index (χ0) is 22.9. The molecule has 1 atom stereocenters. The quantitative estimate of drug-likeness (QED) is 0.270. The Bertz CT molecular complexity index is 986. The molecule has 0 spiro atoms. The van der Waals surface area contributed by atoms with Crippen molar-refractivity contribution >= 4 is 11.8 Å². The van der Waals surface area contributed by atoms with Crippen molar-refractivity contribution in [2.75, 3.05) is 32.7 Å². The molecular formula is C25H31N3O4S. The third kappa shape index (κ3) is 6.42. The van der Waals surface area contributed by atoms with Gasteiger partial charge in [0.2, 0.25) is 0 Å². The molecule has 8 heteroatoms. The first-order valence-electron chi connectivity index (χ1n) is 11.4. The van der Waals surface area contributed by atoms with Crippen LogP contribution in [-0.4, -0.2) is 53.6 Å². The van der Waals surface area contributed by atoms with Crippen LogP contribution >= 0.6 is 11.8 Å². The average molecular weight is 470 g/mol. The third-order valence-electron chi connectivity index (χ3n) is 5.36. The molecule has 1 fully saturated rings. The molecule has 1 aromatic heterocycles. The molecule has 7 nitrogen and oxygen atoms in total. The van der Waals surface area contributed by atoms with Gasteiger partial charge in [0.05, 0.1) is 33.0 Å². The Morgan fingerprint density at radius 1 is 0.970 bits per heavy atom. The number of benzene rings is 2. The predicted molar refractivity (Wildman–Crippen MR) is 129 cm³/mol. The second kappa shape index (κ2) is 12.0. The Morgan fingerprint density at radius 3 is 2.30 bits per heavy atom. The molecule has 0 N–H and O–H groups in total. The maximum absolute atomic E-state index is 5.91. The van der Waals surface area contributed by atoms with Crippen LogP contribution in [-0.2, 0) is 11.3 Å². The summed E-state index contributed by atoms with van der Waals surface area (Å²) in [4.78, 5) is 0. The Labute approximate surface area is 199 Å². The minimum Gasteiger partial charge on any atom is -0.497 e. The van der Waals surface area contributed by atoms with E-state index in [1.807, 2.05) is 48.5 Å². The lowest BCUT2D eigenvalue weighted by atomic mass is 10.2. The molecule has 0 amide bonds. The number of aromatic nitrogens is 3. The Kier molecular flexibility index (Phi) is 8.49. The normalized spacial score (nSPS) is 15.5. The summed E-state index contributed by atoms with van der Waals surface area (Å²) < 4.78 is 24.9. The van der Waals surface area contributed by atoms with E-state index >= 15 is 0 Å². The lowest BCUT2D eigenvalue weighted by Crippen LogP contribution is -2.17. The molecular weight excluding hydrogens is 438 g/mol. The zero-order valence-corrected chi connectivity index (χ0v) is 20.1. The van der Waals surface area contributed by atoms with Crippen molar-refractivity contribution in [3.05, 3.63) is 48.5 Å². The summed E-state index contributed by atoms with van der Waals surface area (Å²) in [7, 11) is 1.67. The number of thioether (sulfide) groups is 1. The highest BCUT2D eigenvalue weighted by Gasteiger charge is 2.21. The van der Waals surface area contributed by atoms with Crippen LogP contribution in [0.3, 0.4) is 0 Å². The molecule has 1 saturated heterocycles. The Morgan fingerprint density at radius 2 is 1.67 bits per heavy atom. The number of nitrogens with zero attached hydrogens (tertiary/aromatic N) is 3. The summed E-state index contributed by atoms with van der Waals surface area (Å²) in [5.41, 5.74) is 1.01. The van der Waals surface area contributed by atoms with Crippen LogP contribution in [0.2, 0.25) is 0 Å². The molecule has 1 aliphatic rings. The molecule has 0 aliphatic carbocycles. The van der Waals surface area contributed by atoms with Crippen LogP contribution in [0.1, 0.15) is 26.2 Å². The SMILES string of the molecule is CCCOc1ccc(OCCSc2nnc(-c3ccc(OC)cc3)n2CC2CCCO2)cc1. The number of hydrogen-bond acceptors (Lipinski definition) is 7. The van der Waals surface area contributed by atoms with E-state index in [0.717, 1.165) is 78.6 Å². The van der Waals surface area contributed by atoms with Crippen molar-refractivity contribution in [2.24, 2.45) is 0 Å². The minimum atomic E-state index is 0.196. The minimum absolute atomic E-state index is 0.196. The maximum Gasteiger partial charge on any atom is 0.191 e. The summed E-state index contributed by atoms with van der Waals surface area (Å²) in [5.74, 6) is 4.13. The molecule has 1 aliphatic heterocycles. The first-order valence-corrected chi connectivity index (χ1v) is 12.4. The second-order valence-electron chi connectivity index (χ2n) is 7.80. The van der Waals surface area contributed by atoms with Crippen molar-refractivity contribution in [3.8, 4) is 28.6 Å². The van der Waals surface area contributed by atoms with Gasteiger partial charge in [-0.25, -0.2) is 0 Å². The van der Waals surface area contributed by atoms with Gasteiger partial charge >= 0.3 is 0 Å². The van der Waals surface area contributed by atoms with Crippen molar-refractivity contribution in [1.82, 2.24) is 14.8 Å². The highest BCUT2D eigenvalue weighted by molar-refractivity contribution is 7.99. The summed E-state index contributed by atoms with van der Waals surface area (Å²) in [5, 5.41) is 9.85. The van der Waals surface area contributed by atoms with Crippen LogP contribution in [0.4, 0.5) is 0 Å². The fourth-order valence-electron chi connectivity index (χ4n) is 3.65. The maximum atomic E-state index is 5.91. The van der Waals surface area contributed by atoms with Gasteiger partial charge in [-0.3, -0.25) is 4.57 Å². The van der Waals surface area contributed by atoms with E-state index < -0.39 is 0 Å². The number of ether oxygens (including phenoxy) is 4. The van der Waals surface area contributed by atoms with Gasteiger partial charge in [0, 0.05) is 17.9 Å². The van der Waals surface area contributed by atoms with Crippen LogP contribution in [0.25, 0.3) is 11.4 Å². The fraction of sp³-hybridized carbons (Fsp3) is 0.440. The van der Waals surface area contributed by atoms with E-state index in [9.17, 15) is 0 Å². The lowest BCUT2D eigenvalue weighted by Gasteiger charge is -2.15. The highest BCUT2D eigenvalue weighted by Crippen LogP contribution is 2.28. The van der Waals surface area contributed by atoms with E-state index in [1.54, 1.807) is 18.9 Å². The number of methoxy groups -OCH3 is 1. The van der Waals surface area contributed by atoms with Crippen molar-refractivity contribution < 1.29 is 18.9 Å². The van der Waals surface area contributed by atoms with Crippen LogP contribution < -0.4 is 14.2 Å². The first-order chi connectivity index (χ1) is 16.3. The van der Waals surface area contributed by atoms with Crippen LogP contribution in [0.15, 0.2) is 53.7 Å². The Balaban J connectivity index is 1.38. The molecule has 1 unspecified atom stereocenters. The molecule has 33 heavy (non-hydrogen) atoms. The van der Waals surface area contributed by atoms with E-state index in [4.69, 9.17) is 18.9 Å². The lowest BCUT2D eigenvalue weighted by molar-refractivity contribution is 0.0953. The van der Waals surface area contributed by atoms with Crippen LogP contribution in [0.5, 0.6) is 17.2 Å². The number of hydrogen-bond donors (Lipinski definition) is 0. The summed E-state index contributed by atoms with van der Waals surface area (Å²) in [6, 6.07) is 15.7. The summed E-state index contributed by atoms with van der Waals surface area (Å²) >= 11 is 1.65. The monoisotopic (exact) mass is 469 g/mol.